The molecule has 0 aliphatic rings. The van der Waals surface area contributed by atoms with Crippen LogP contribution < -0.4 is 5.73 Å². The fourth-order valence-corrected chi connectivity index (χ4v) is 1.46. The van der Waals surface area contributed by atoms with Crippen LogP contribution in [-0.4, -0.2) is 34.3 Å². The molecule has 0 aromatic heterocycles. The summed E-state index contributed by atoms with van der Waals surface area (Å²) in [6.45, 7) is 1.87. The molecule has 2 atom stereocenters. The number of hydrogen-bond acceptors (Lipinski definition) is 3. The van der Waals surface area contributed by atoms with Crippen molar-refractivity contribution in [3.63, 3.8) is 0 Å². The van der Waals surface area contributed by atoms with Crippen LogP contribution in [0.25, 0.3) is 0 Å². The summed E-state index contributed by atoms with van der Waals surface area (Å²) in [6.07, 6.45) is 1.60. The lowest BCUT2D eigenvalue weighted by atomic mass is 10.2. The molecule has 5 heteroatoms. The molecular weight excluding hydrogens is 165 g/mol. The van der Waals surface area contributed by atoms with E-state index in [-0.39, 0.29) is 0 Å². The lowest BCUT2D eigenvalue weighted by Gasteiger charge is -2.09. The van der Waals surface area contributed by atoms with Crippen LogP contribution in [0.1, 0.15) is 13.3 Å². The molecule has 0 amide bonds. The Hall–Kier alpha value is -0.180. The van der Waals surface area contributed by atoms with Crippen LogP contribution in [0.2, 0.25) is 0 Å². The summed E-state index contributed by atoms with van der Waals surface area (Å²) in [5, 5.41) is 8.37. The maximum Gasteiger partial charge on any atom is 0.320 e. The van der Waals surface area contributed by atoms with E-state index in [0.717, 1.165) is 0 Å². The van der Waals surface area contributed by atoms with Gasteiger partial charge in [-0.25, -0.2) is 0 Å². The Morgan fingerprint density at radius 3 is 2.64 bits per heavy atom. The van der Waals surface area contributed by atoms with Crippen molar-refractivity contribution in [2.45, 2.75) is 19.4 Å². The summed E-state index contributed by atoms with van der Waals surface area (Å²) < 4.78 is 0. The van der Waals surface area contributed by atoms with Crippen LogP contribution in [0.3, 0.4) is 0 Å². The Labute approximate surface area is 67.2 Å². The smallest absolute Gasteiger partial charge is 0.320 e. The quantitative estimate of drug-likeness (QED) is 0.526. The molecule has 0 radical (unpaired) electrons. The average Bonchev–Trinajstić information content (AvgIpc) is 1.99. The predicted octanol–water partition coefficient (Wildman–Crippen LogP) is 0.197. The third-order valence-electron chi connectivity index (χ3n) is 1.38. The molecule has 11 heavy (non-hydrogen) atoms. The summed E-state index contributed by atoms with van der Waals surface area (Å²) >= 11 is 0. The zero-order valence-corrected chi connectivity index (χ0v) is 7.42. The van der Waals surface area contributed by atoms with Gasteiger partial charge in [-0.1, -0.05) is 6.92 Å². The Morgan fingerprint density at radius 2 is 2.27 bits per heavy atom. The lowest BCUT2D eigenvalue weighted by Crippen LogP contribution is -2.30. The molecule has 0 spiro atoms. The number of hydrogen-bond donors (Lipinski definition) is 3. The second-order valence-electron chi connectivity index (χ2n) is 2.28. The molecule has 4 N–H and O–H groups in total. The minimum Gasteiger partial charge on any atom is -0.480 e. The first-order chi connectivity index (χ1) is 5.07. The highest BCUT2D eigenvalue weighted by atomic mass is 31.1. The fraction of sp³-hybridized carbons (Fsp3) is 0.833. The van der Waals surface area contributed by atoms with Crippen molar-refractivity contribution in [2.24, 2.45) is 5.73 Å². The summed E-state index contributed by atoms with van der Waals surface area (Å²) in [5.41, 5.74) is 5.22. The Bertz CT molecular complexity index is 131. The van der Waals surface area contributed by atoms with E-state index in [2.05, 4.69) is 0 Å². The second-order valence-corrected chi connectivity index (χ2v) is 4.37. The van der Waals surface area contributed by atoms with E-state index in [9.17, 15) is 4.79 Å². The highest BCUT2D eigenvalue weighted by Crippen LogP contribution is 2.29. The van der Waals surface area contributed by atoms with Crippen molar-refractivity contribution in [1.29, 1.82) is 0 Å². The minimum atomic E-state index is -0.996. The molecule has 0 aliphatic heterocycles. The number of nitrogens with two attached hydrogens (primary N) is 1. The molecule has 0 fully saturated rings. The topological polar surface area (TPSA) is 83.5 Å². The molecule has 4 nitrogen and oxygen atoms in total. The Kier molecular flexibility index (Phi) is 5.38. The van der Waals surface area contributed by atoms with Gasteiger partial charge < -0.3 is 15.7 Å². The van der Waals surface area contributed by atoms with Crippen LogP contribution in [-0.2, 0) is 4.79 Å². The van der Waals surface area contributed by atoms with Crippen LogP contribution in [0, 0.1) is 0 Å². The van der Waals surface area contributed by atoms with Crippen molar-refractivity contribution < 1.29 is 14.8 Å². The molecule has 0 aromatic carbocycles. The van der Waals surface area contributed by atoms with Gasteiger partial charge in [0.25, 0.3) is 0 Å². The van der Waals surface area contributed by atoms with Gasteiger partial charge >= 0.3 is 5.97 Å². The van der Waals surface area contributed by atoms with Gasteiger partial charge in [0.15, 0.2) is 0 Å². The van der Waals surface area contributed by atoms with E-state index < -0.39 is 20.2 Å². The van der Waals surface area contributed by atoms with E-state index in [1.165, 1.54) is 0 Å². The molecule has 0 saturated carbocycles. The lowest BCUT2D eigenvalue weighted by molar-refractivity contribution is -0.138. The molecule has 0 aromatic rings. The van der Waals surface area contributed by atoms with Crippen molar-refractivity contribution in [1.82, 2.24) is 0 Å². The molecule has 66 valence electrons. The molecule has 0 aliphatic carbocycles. The number of carbonyl (C=O) groups is 1. The van der Waals surface area contributed by atoms with Crippen molar-refractivity contribution >= 4 is 14.1 Å². The number of carboxylic acid groups (broad SMARTS) is 1. The highest BCUT2D eigenvalue weighted by Gasteiger charge is 2.12. The van der Waals surface area contributed by atoms with Crippen molar-refractivity contribution in [3.8, 4) is 0 Å². The summed E-state index contributed by atoms with van der Waals surface area (Å²) in [4.78, 5) is 19.3. The highest BCUT2D eigenvalue weighted by molar-refractivity contribution is 7.51. The van der Waals surface area contributed by atoms with Gasteiger partial charge in [0.05, 0.1) is 0 Å². The summed E-state index contributed by atoms with van der Waals surface area (Å²) in [6, 6.07) is -0.821. The predicted molar refractivity (Wildman–Crippen MR) is 44.8 cm³/mol. The third-order valence-corrected chi connectivity index (χ3v) is 2.88. The van der Waals surface area contributed by atoms with Crippen LogP contribution >= 0.6 is 8.15 Å². The van der Waals surface area contributed by atoms with Crippen LogP contribution in [0.5, 0.6) is 0 Å². The normalized spacial score (nSPS) is 15.9. The van der Waals surface area contributed by atoms with Crippen molar-refractivity contribution in [2.75, 3.05) is 12.3 Å². The Morgan fingerprint density at radius 1 is 1.73 bits per heavy atom. The molecule has 0 saturated heterocycles. The van der Waals surface area contributed by atoms with Crippen LogP contribution in [0.15, 0.2) is 0 Å². The van der Waals surface area contributed by atoms with E-state index in [1.54, 1.807) is 0 Å². The standard InChI is InChI=1S/C6H14NO3P/c1-2-11(10)4-3-5(7)6(8)9/h5,10H,2-4,7H2,1H3,(H,8,9)/t5-,11?/m0/s1. The van der Waals surface area contributed by atoms with E-state index in [4.69, 9.17) is 15.7 Å². The average molecular weight is 179 g/mol. The first-order valence-electron chi connectivity index (χ1n) is 3.50. The monoisotopic (exact) mass is 179 g/mol. The molecule has 0 bridgehead atoms. The van der Waals surface area contributed by atoms with Crippen molar-refractivity contribution in [3.05, 3.63) is 0 Å². The fourth-order valence-electron chi connectivity index (χ4n) is 0.570. The number of aliphatic carboxylic acids is 1. The maximum atomic E-state index is 10.2. The largest absolute Gasteiger partial charge is 0.480 e. The van der Waals surface area contributed by atoms with Gasteiger partial charge in [-0.2, -0.15) is 0 Å². The second kappa shape index (κ2) is 5.47. The van der Waals surface area contributed by atoms with E-state index >= 15 is 0 Å². The minimum absolute atomic E-state index is 0.366. The first kappa shape index (κ1) is 10.8. The molecule has 1 unspecified atom stereocenters. The summed E-state index contributed by atoms with van der Waals surface area (Å²) in [5.74, 6) is -0.996. The van der Waals surface area contributed by atoms with Gasteiger partial charge in [0, 0.05) is 8.15 Å². The number of rotatable bonds is 5. The Balaban J connectivity index is 3.45. The van der Waals surface area contributed by atoms with Gasteiger partial charge in [-0.05, 0) is 18.7 Å². The summed E-state index contributed by atoms with van der Waals surface area (Å²) in [7, 11) is -0.979. The zero-order valence-electron chi connectivity index (χ0n) is 6.53. The zero-order chi connectivity index (χ0) is 8.85. The SMILES string of the molecule is CCP(O)CC[C@H](N)C(=O)O. The maximum absolute atomic E-state index is 10.2. The van der Waals surface area contributed by atoms with Gasteiger partial charge in [-0.3, -0.25) is 4.79 Å². The number of carboxylic acids is 1. The van der Waals surface area contributed by atoms with Gasteiger partial charge in [0.1, 0.15) is 6.04 Å². The van der Waals surface area contributed by atoms with Gasteiger partial charge in [0.2, 0.25) is 0 Å². The van der Waals surface area contributed by atoms with Crippen LogP contribution in [0.4, 0.5) is 0 Å². The molecular formula is C6H14NO3P. The third kappa shape index (κ3) is 5.13. The molecule has 0 rings (SSSR count). The first-order valence-corrected chi connectivity index (χ1v) is 5.16. The van der Waals surface area contributed by atoms with Gasteiger partial charge in [-0.15, -0.1) is 0 Å². The van der Waals surface area contributed by atoms with E-state index in [1.807, 2.05) is 6.92 Å². The van der Waals surface area contributed by atoms with E-state index in [0.29, 0.717) is 18.7 Å². The molecule has 0 heterocycles.